The van der Waals surface area contributed by atoms with Gasteiger partial charge in [0.15, 0.2) is 5.75 Å². The number of hydrogen-bond donors (Lipinski definition) is 3. The number of para-hydroxylation sites is 1. The van der Waals surface area contributed by atoms with Gasteiger partial charge in [0.1, 0.15) is 5.01 Å². The van der Waals surface area contributed by atoms with Gasteiger partial charge in [-0.3, -0.25) is 4.72 Å². The SMILES string of the molecule is CC(C)(C)SNC(=O)Nc1cc(-c2nc3ccccc3s2)cc(Cl)c1O. The van der Waals surface area contributed by atoms with Crippen LogP contribution in [0.3, 0.4) is 0 Å². The number of benzene rings is 2. The smallest absolute Gasteiger partial charge is 0.329 e. The number of urea groups is 1. The number of aromatic hydroxyl groups is 1. The first-order valence-electron chi connectivity index (χ1n) is 7.86. The quantitative estimate of drug-likeness (QED) is 0.373. The monoisotopic (exact) mass is 407 g/mol. The largest absolute Gasteiger partial charge is 0.504 e. The van der Waals surface area contributed by atoms with E-state index in [1.54, 1.807) is 12.1 Å². The number of thiazole rings is 1. The van der Waals surface area contributed by atoms with Crippen LogP contribution in [-0.2, 0) is 0 Å². The number of phenolic OH excluding ortho intramolecular Hbond substituents is 1. The molecule has 26 heavy (non-hydrogen) atoms. The molecule has 0 atom stereocenters. The predicted octanol–water partition coefficient (Wildman–Crippen LogP) is 5.89. The molecule has 0 fully saturated rings. The van der Waals surface area contributed by atoms with E-state index in [1.165, 1.54) is 23.3 Å². The first-order valence-corrected chi connectivity index (χ1v) is 9.87. The van der Waals surface area contributed by atoms with E-state index in [2.05, 4.69) is 15.0 Å². The molecule has 136 valence electrons. The van der Waals surface area contributed by atoms with Gasteiger partial charge in [0.25, 0.3) is 0 Å². The van der Waals surface area contributed by atoms with E-state index in [-0.39, 0.29) is 21.2 Å². The molecule has 8 heteroatoms. The first-order chi connectivity index (χ1) is 12.2. The van der Waals surface area contributed by atoms with Gasteiger partial charge in [-0.15, -0.1) is 11.3 Å². The molecule has 0 bridgehead atoms. The number of hydrogen-bond acceptors (Lipinski definition) is 5. The van der Waals surface area contributed by atoms with E-state index in [0.717, 1.165) is 20.8 Å². The van der Waals surface area contributed by atoms with Crippen molar-refractivity contribution in [3.63, 3.8) is 0 Å². The molecule has 3 rings (SSSR count). The average molecular weight is 408 g/mol. The van der Waals surface area contributed by atoms with Crippen LogP contribution >= 0.6 is 34.9 Å². The summed E-state index contributed by atoms with van der Waals surface area (Å²) in [5, 5.41) is 13.7. The normalized spacial score (nSPS) is 11.5. The van der Waals surface area contributed by atoms with Gasteiger partial charge in [-0.1, -0.05) is 23.7 Å². The van der Waals surface area contributed by atoms with Crippen molar-refractivity contribution in [1.82, 2.24) is 9.71 Å². The van der Waals surface area contributed by atoms with E-state index in [0.29, 0.717) is 0 Å². The lowest BCUT2D eigenvalue weighted by molar-refractivity contribution is 0.257. The zero-order chi connectivity index (χ0) is 18.9. The first kappa shape index (κ1) is 18.8. The van der Waals surface area contributed by atoms with Crippen LogP contribution in [0.1, 0.15) is 20.8 Å². The number of rotatable bonds is 3. The van der Waals surface area contributed by atoms with Crippen molar-refractivity contribution in [3.8, 4) is 16.3 Å². The lowest BCUT2D eigenvalue weighted by atomic mass is 10.2. The van der Waals surface area contributed by atoms with Crippen molar-refractivity contribution in [1.29, 1.82) is 0 Å². The predicted molar refractivity (Wildman–Crippen MR) is 111 cm³/mol. The highest BCUT2D eigenvalue weighted by molar-refractivity contribution is 7.99. The number of anilines is 1. The number of carbonyl (C=O) groups is 1. The number of phenols is 1. The van der Waals surface area contributed by atoms with Crippen LogP contribution in [-0.4, -0.2) is 20.9 Å². The fraction of sp³-hybridized carbons (Fsp3) is 0.222. The molecule has 3 aromatic rings. The number of amides is 2. The maximum atomic E-state index is 12.1. The second kappa shape index (κ2) is 7.34. The molecule has 3 N–H and O–H groups in total. The zero-order valence-corrected chi connectivity index (χ0v) is 16.9. The molecule has 1 heterocycles. The minimum absolute atomic E-state index is 0.125. The van der Waals surface area contributed by atoms with Crippen molar-refractivity contribution in [2.24, 2.45) is 0 Å². The average Bonchev–Trinajstić information content (AvgIpc) is 3.00. The third-order valence-corrected chi connectivity index (χ3v) is 5.58. The molecule has 0 spiro atoms. The highest BCUT2D eigenvalue weighted by Gasteiger charge is 2.17. The molecule has 0 unspecified atom stereocenters. The van der Waals surface area contributed by atoms with Crippen LogP contribution in [0.25, 0.3) is 20.8 Å². The summed E-state index contributed by atoms with van der Waals surface area (Å²) in [4.78, 5) is 16.7. The van der Waals surface area contributed by atoms with Crippen molar-refractivity contribution in [2.45, 2.75) is 25.5 Å². The van der Waals surface area contributed by atoms with Gasteiger partial charge >= 0.3 is 6.03 Å². The van der Waals surface area contributed by atoms with E-state index in [4.69, 9.17) is 11.6 Å². The molecule has 5 nitrogen and oxygen atoms in total. The summed E-state index contributed by atoms with van der Waals surface area (Å²) < 4.78 is 3.63. The van der Waals surface area contributed by atoms with Gasteiger partial charge in [-0.25, -0.2) is 9.78 Å². The van der Waals surface area contributed by atoms with Gasteiger partial charge in [0, 0.05) is 10.3 Å². The second-order valence-corrected chi connectivity index (χ2v) is 9.68. The standard InChI is InChI=1S/C18H18ClN3O2S2/c1-18(2,3)26-22-17(24)21-13-9-10(8-11(19)15(13)23)16-20-12-6-4-5-7-14(12)25-16/h4-9,23H,1-3H3,(H2,21,22,24). The Bertz CT molecular complexity index is 934. The van der Waals surface area contributed by atoms with Crippen LogP contribution in [0.15, 0.2) is 36.4 Å². The molecular weight excluding hydrogens is 390 g/mol. The van der Waals surface area contributed by atoms with Gasteiger partial charge in [0.05, 0.1) is 20.9 Å². The van der Waals surface area contributed by atoms with Crippen molar-refractivity contribution in [3.05, 3.63) is 41.4 Å². The maximum absolute atomic E-state index is 12.1. The van der Waals surface area contributed by atoms with Gasteiger partial charge in [0.2, 0.25) is 0 Å². The van der Waals surface area contributed by atoms with E-state index in [9.17, 15) is 9.90 Å². The lowest BCUT2D eigenvalue weighted by Crippen LogP contribution is -2.27. The minimum atomic E-state index is -0.433. The summed E-state index contributed by atoms with van der Waals surface area (Å²) >= 11 is 8.96. The fourth-order valence-corrected chi connectivity index (χ4v) is 3.78. The summed E-state index contributed by atoms with van der Waals surface area (Å²) in [5.74, 6) is -0.174. The molecule has 0 radical (unpaired) electrons. The third kappa shape index (κ3) is 4.41. The van der Waals surface area contributed by atoms with Crippen LogP contribution in [0.4, 0.5) is 10.5 Å². The molecule has 0 saturated carbocycles. The molecule has 2 amide bonds. The summed E-state index contributed by atoms with van der Waals surface area (Å²) in [6.45, 7) is 5.96. The Morgan fingerprint density at radius 3 is 2.69 bits per heavy atom. The van der Waals surface area contributed by atoms with E-state index < -0.39 is 6.03 Å². The Hall–Kier alpha value is -1.96. The molecule has 0 aliphatic carbocycles. The van der Waals surface area contributed by atoms with E-state index in [1.807, 2.05) is 45.0 Å². The van der Waals surface area contributed by atoms with Gasteiger partial charge in [-0.05, 0) is 57.0 Å². The summed E-state index contributed by atoms with van der Waals surface area (Å²) in [6, 6.07) is 10.7. The number of nitrogens with zero attached hydrogens (tertiary/aromatic N) is 1. The highest BCUT2D eigenvalue weighted by Crippen LogP contribution is 2.39. The topological polar surface area (TPSA) is 74.2 Å². The summed E-state index contributed by atoms with van der Waals surface area (Å²) in [5.41, 5.74) is 1.86. The Labute approximate surface area is 164 Å². The Balaban J connectivity index is 1.88. The summed E-state index contributed by atoms with van der Waals surface area (Å²) in [7, 11) is 0. The Kier molecular flexibility index (Phi) is 5.32. The molecule has 0 aliphatic rings. The Morgan fingerprint density at radius 2 is 2.00 bits per heavy atom. The second-order valence-electron chi connectivity index (χ2n) is 6.61. The molecule has 2 aromatic carbocycles. The number of fused-ring (bicyclic) bond motifs is 1. The summed E-state index contributed by atoms with van der Waals surface area (Å²) in [6.07, 6.45) is 0. The zero-order valence-electron chi connectivity index (χ0n) is 14.5. The van der Waals surface area contributed by atoms with Crippen LogP contribution in [0.2, 0.25) is 5.02 Å². The fourth-order valence-electron chi connectivity index (χ4n) is 2.16. The van der Waals surface area contributed by atoms with Crippen LogP contribution in [0.5, 0.6) is 5.75 Å². The Morgan fingerprint density at radius 1 is 1.27 bits per heavy atom. The van der Waals surface area contributed by atoms with Crippen molar-refractivity contribution in [2.75, 3.05) is 5.32 Å². The van der Waals surface area contributed by atoms with Crippen LogP contribution < -0.4 is 10.0 Å². The lowest BCUT2D eigenvalue weighted by Gasteiger charge is -2.18. The number of aromatic nitrogens is 1. The number of nitrogens with one attached hydrogen (secondary N) is 2. The molecular formula is C18H18ClN3O2S2. The minimum Gasteiger partial charge on any atom is -0.504 e. The van der Waals surface area contributed by atoms with Gasteiger partial charge in [-0.2, -0.15) is 0 Å². The molecule has 1 aromatic heterocycles. The number of halogens is 1. The van der Waals surface area contributed by atoms with Crippen molar-refractivity contribution < 1.29 is 9.90 Å². The third-order valence-electron chi connectivity index (χ3n) is 3.30. The molecule has 0 saturated heterocycles. The maximum Gasteiger partial charge on any atom is 0.329 e. The number of carbonyl (C=O) groups excluding carboxylic acids is 1. The van der Waals surface area contributed by atoms with Gasteiger partial charge < -0.3 is 10.4 Å². The van der Waals surface area contributed by atoms with Crippen molar-refractivity contribution >= 4 is 56.8 Å². The van der Waals surface area contributed by atoms with E-state index >= 15 is 0 Å². The molecule has 0 aliphatic heterocycles. The van der Waals surface area contributed by atoms with Crippen LogP contribution in [0, 0.1) is 0 Å². The highest BCUT2D eigenvalue weighted by atomic mass is 35.5.